The van der Waals surface area contributed by atoms with Crippen molar-refractivity contribution in [3.63, 3.8) is 0 Å². The molecule has 0 saturated carbocycles. The summed E-state index contributed by atoms with van der Waals surface area (Å²) in [6.07, 6.45) is 2.53. The summed E-state index contributed by atoms with van der Waals surface area (Å²) in [5.74, 6) is 0. The second-order valence-electron chi connectivity index (χ2n) is 6.55. The van der Waals surface area contributed by atoms with E-state index in [9.17, 15) is 9.90 Å². The molecule has 27 heavy (non-hydrogen) atoms. The molecule has 0 spiro atoms. The molecule has 0 bridgehead atoms. The molecule has 0 fully saturated rings. The van der Waals surface area contributed by atoms with Gasteiger partial charge in [0.05, 0.1) is 18.3 Å². The normalized spacial score (nSPS) is 12.4. The van der Waals surface area contributed by atoms with Crippen LogP contribution in [0.1, 0.15) is 17.2 Å². The summed E-state index contributed by atoms with van der Waals surface area (Å²) < 4.78 is 3.06. The zero-order chi connectivity index (χ0) is 19.0. The van der Waals surface area contributed by atoms with Crippen LogP contribution < -0.4 is 5.56 Å². The molecule has 5 nitrogen and oxygen atoms in total. The fourth-order valence-corrected chi connectivity index (χ4v) is 3.24. The molecular weight excluding hydrogens is 362 g/mol. The van der Waals surface area contributed by atoms with Crippen LogP contribution in [0.15, 0.2) is 71.8 Å². The third-order valence-corrected chi connectivity index (χ3v) is 4.79. The molecule has 4 aromatic rings. The molecule has 2 heterocycles. The Balaban J connectivity index is 1.68. The minimum atomic E-state index is -0.830. The molecule has 0 amide bonds. The second-order valence-corrected chi connectivity index (χ2v) is 6.99. The highest BCUT2D eigenvalue weighted by Gasteiger charge is 2.13. The second kappa shape index (κ2) is 7.02. The SMILES string of the molecule is Cc1ccc(-c2cc3c(=O)n(CC(O)c4cccc(Cl)c4)ccn3n2)cc1. The largest absolute Gasteiger partial charge is 0.387 e. The van der Waals surface area contributed by atoms with Crippen LogP contribution in [-0.2, 0) is 6.54 Å². The number of hydrogen-bond acceptors (Lipinski definition) is 3. The van der Waals surface area contributed by atoms with Gasteiger partial charge in [-0.25, -0.2) is 4.52 Å². The van der Waals surface area contributed by atoms with Gasteiger partial charge in [-0.15, -0.1) is 0 Å². The number of aliphatic hydroxyl groups is 1. The van der Waals surface area contributed by atoms with Gasteiger partial charge in [0.1, 0.15) is 5.52 Å². The Bertz CT molecular complexity index is 1160. The van der Waals surface area contributed by atoms with Crippen molar-refractivity contribution in [3.8, 4) is 11.3 Å². The van der Waals surface area contributed by atoms with Crippen molar-refractivity contribution in [1.29, 1.82) is 0 Å². The highest BCUT2D eigenvalue weighted by molar-refractivity contribution is 6.30. The van der Waals surface area contributed by atoms with Crippen LogP contribution >= 0.6 is 11.6 Å². The van der Waals surface area contributed by atoms with Crippen molar-refractivity contribution in [3.05, 3.63) is 93.5 Å². The van der Waals surface area contributed by atoms with Gasteiger partial charge in [0.2, 0.25) is 0 Å². The Labute approximate surface area is 161 Å². The van der Waals surface area contributed by atoms with Crippen molar-refractivity contribution >= 4 is 17.1 Å². The number of fused-ring (bicyclic) bond motifs is 1. The van der Waals surface area contributed by atoms with Gasteiger partial charge >= 0.3 is 0 Å². The summed E-state index contributed by atoms with van der Waals surface area (Å²) in [6, 6.07) is 16.8. The zero-order valence-electron chi connectivity index (χ0n) is 14.7. The highest BCUT2D eigenvalue weighted by atomic mass is 35.5. The number of aryl methyl sites for hydroxylation is 1. The Hall–Kier alpha value is -2.89. The van der Waals surface area contributed by atoms with Crippen LogP contribution in [0.5, 0.6) is 0 Å². The predicted molar refractivity (Wildman–Crippen MR) is 106 cm³/mol. The molecule has 0 aliphatic rings. The molecular formula is C21H18ClN3O2. The van der Waals surface area contributed by atoms with Crippen molar-refractivity contribution in [2.75, 3.05) is 0 Å². The molecule has 1 N–H and O–H groups in total. The van der Waals surface area contributed by atoms with E-state index in [4.69, 9.17) is 11.6 Å². The summed E-state index contributed by atoms with van der Waals surface area (Å²) in [4.78, 5) is 12.8. The molecule has 1 atom stereocenters. The first-order valence-corrected chi connectivity index (χ1v) is 8.98. The van der Waals surface area contributed by atoms with E-state index >= 15 is 0 Å². The molecule has 0 radical (unpaired) electrons. The highest BCUT2D eigenvalue weighted by Crippen LogP contribution is 2.20. The van der Waals surface area contributed by atoms with Gasteiger partial charge in [-0.1, -0.05) is 53.6 Å². The van der Waals surface area contributed by atoms with E-state index in [1.807, 2.05) is 31.2 Å². The Morgan fingerprint density at radius 2 is 1.89 bits per heavy atom. The first-order chi connectivity index (χ1) is 13.0. The molecule has 1 unspecified atom stereocenters. The van der Waals surface area contributed by atoms with Gasteiger partial charge in [0.15, 0.2) is 0 Å². The quantitative estimate of drug-likeness (QED) is 0.585. The van der Waals surface area contributed by atoms with Crippen LogP contribution in [0.25, 0.3) is 16.8 Å². The number of hydrogen-bond donors (Lipinski definition) is 1. The summed E-state index contributed by atoms with van der Waals surface area (Å²) >= 11 is 5.98. The average molecular weight is 380 g/mol. The lowest BCUT2D eigenvalue weighted by molar-refractivity contribution is 0.155. The van der Waals surface area contributed by atoms with Crippen LogP contribution in [0, 0.1) is 6.92 Å². The fourth-order valence-electron chi connectivity index (χ4n) is 3.04. The zero-order valence-corrected chi connectivity index (χ0v) is 15.5. The molecule has 2 aromatic heterocycles. The van der Waals surface area contributed by atoms with E-state index in [-0.39, 0.29) is 12.1 Å². The number of aliphatic hydroxyl groups excluding tert-OH is 1. The van der Waals surface area contributed by atoms with Crippen LogP contribution in [0.2, 0.25) is 5.02 Å². The molecule has 2 aromatic carbocycles. The third-order valence-electron chi connectivity index (χ3n) is 4.55. The van der Waals surface area contributed by atoms with E-state index in [0.717, 1.165) is 11.3 Å². The minimum absolute atomic E-state index is 0.140. The maximum atomic E-state index is 12.8. The number of nitrogens with zero attached hydrogens (tertiary/aromatic N) is 3. The first-order valence-electron chi connectivity index (χ1n) is 8.61. The molecule has 0 aliphatic carbocycles. The predicted octanol–water partition coefficient (Wildman–Crippen LogP) is 3.86. The molecule has 0 aliphatic heterocycles. The van der Waals surface area contributed by atoms with E-state index < -0.39 is 6.10 Å². The number of rotatable bonds is 4. The van der Waals surface area contributed by atoms with Gasteiger partial charge in [-0.05, 0) is 30.7 Å². The molecule has 0 saturated heterocycles. The lowest BCUT2D eigenvalue weighted by Gasteiger charge is -2.13. The monoisotopic (exact) mass is 379 g/mol. The van der Waals surface area contributed by atoms with Gasteiger partial charge in [-0.3, -0.25) is 4.79 Å². The molecule has 4 rings (SSSR count). The van der Waals surface area contributed by atoms with Crippen molar-refractivity contribution in [2.24, 2.45) is 0 Å². The third kappa shape index (κ3) is 3.52. The van der Waals surface area contributed by atoms with E-state index in [2.05, 4.69) is 5.10 Å². The standard InChI is InChI=1S/C21H18ClN3O2/c1-14-5-7-15(8-6-14)18-12-19-21(27)24(9-10-25(19)23-18)13-20(26)16-3-2-4-17(22)11-16/h2-12,20,26H,13H2,1H3. The number of aromatic nitrogens is 3. The Kier molecular flexibility index (Phi) is 4.56. The van der Waals surface area contributed by atoms with Gasteiger partial charge < -0.3 is 9.67 Å². The minimum Gasteiger partial charge on any atom is -0.387 e. The summed E-state index contributed by atoms with van der Waals surface area (Å²) in [7, 11) is 0. The Morgan fingerprint density at radius 1 is 1.11 bits per heavy atom. The number of halogens is 1. The summed E-state index contributed by atoms with van der Waals surface area (Å²) in [5, 5.41) is 15.5. The van der Waals surface area contributed by atoms with Gasteiger partial charge in [0, 0.05) is 23.0 Å². The lowest BCUT2D eigenvalue weighted by atomic mass is 10.1. The number of benzene rings is 2. The summed E-state index contributed by atoms with van der Waals surface area (Å²) in [6.45, 7) is 2.16. The fraction of sp³-hybridized carbons (Fsp3) is 0.143. The smallest absolute Gasteiger partial charge is 0.276 e. The van der Waals surface area contributed by atoms with Crippen molar-refractivity contribution in [2.45, 2.75) is 19.6 Å². The van der Waals surface area contributed by atoms with E-state index in [0.29, 0.717) is 16.1 Å². The van der Waals surface area contributed by atoms with E-state index in [1.54, 1.807) is 47.2 Å². The maximum Gasteiger partial charge on any atom is 0.276 e. The van der Waals surface area contributed by atoms with Crippen molar-refractivity contribution < 1.29 is 5.11 Å². The van der Waals surface area contributed by atoms with Gasteiger partial charge in [-0.2, -0.15) is 5.10 Å². The van der Waals surface area contributed by atoms with Crippen LogP contribution in [-0.4, -0.2) is 19.3 Å². The summed E-state index contributed by atoms with van der Waals surface area (Å²) in [5.41, 5.74) is 3.79. The maximum absolute atomic E-state index is 12.8. The topological polar surface area (TPSA) is 59.5 Å². The van der Waals surface area contributed by atoms with Crippen LogP contribution in [0.3, 0.4) is 0 Å². The lowest BCUT2D eigenvalue weighted by Crippen LogP contribution is -2.24. The van der Waals surface area contributed by atoms with Crippen molar-refractivity contribution in [1.82, 2.24) is 14.2 Å². The first kappa shape index (κ1) is 17.5. The Morgan fingerprint density at radius 3 is 2.63 bits per heavy atom. The van der Waals surface area contributed by atoms with Gasteiger partial charge in [0.25, 0.3) is 5.56 Å². The van der Waals surface area contributed by atoms with E-state index in [1.165, 1.54) is 10.1 Å². The van der Waals surface area contributed by atoms with Crippen LogP contribution in [0.4, 0.5) is 0 Å². The molecule has 6 heteroatoms. The average Bonchev–Trinajstić information content (AvgIpc) is 3.10. The molecule has 136 valence electrons.